The van der Waals surface area contributed by atoms with Crippen molar-refractivity contribution in [1.29, 1.82) is 0 Å². The van der Waals surface area contributed by atoms with Gasteiger partial charge in [-0.3, -0.25) is 14.6 Å². The molecule has 6 rings (SSSR count). The Kier molecular flexibility index (Phi) is 4.85. The average Bonchev–Trinajstić information content (AvgIpc) is 3.32. The lowest BCUT2D eigenvalue weighted by atomic mass is 9.46. The van der Waals surface area contributed by atoms with Gasteiger partial charge in [-0.25, -0.2) is 0 Å². The van der Waals surface area contributed by atoms with Crippen LogP contribution in [0.15, 0.2) is 48.3 Å². The minimum absolute atomic E-state index is 0.00667. The molecule has 0 aromatic carbocycles. The van der Waals surface area contributed by atoms with Crippen LogP contribution in [0, 0.1) is 28.6 Å². The molecule has 1 aromatic heterocycles. The first kappa shape index (κ1) is 22.3. The van der Waals surface area contributed by atoms with Crippen LogP contribution in [0.25, 0.3) is 0 Å². The van der Waals surface area contributed by atoms with Crippen LogP contribution in [-0.4, -0.2) is 51.2 Å². The highest BCUT2D eigenvalue weighted by Gasteiger charge is 2.75. The van der Waals surface area contributed by atoms with Gasteiger partial charge < -0.3 is 19.7 Å². The highest BCUT2D eigenvalue weighted by atomic mass is 16.7. The first-order chi connectivity index (χ1) is 16.2. The number of ether oxygens (including phenoxy) is 2. The number of aliphatic hydroxyl groups excluding tert-OH is 2. The molecule has 0 amide bonds. The van der Waals surface area contributed by atoms with Crippen LogP contribution in [0.1, 0.15) is 51.4 Å². The fourth-order valence-electron chi connectivity index (χ4n) is 8.35. The van der Waals surface area contributed by atoms with Crippen molar-refractivity contribution < 1.29 is 29.3 Å². The third-order valence-corrected chi connectivity index (χ3v) is 9.75. The molecule has 0 bridgehead atoms. The molecule has 1 aliphatic heterocycles. The van der Waals surface area contributed by atoms with Gasteiger partial charge >= 0.3 is 0 Å². The van der Waals surface area contributed by atoms with Crippen LogP contribution in [0.2, 0.25) is 0 Å². The number of aliphatic hydroxyl groups is 2. The first-order valence-corrected chi connectivity index (χ1v) is 12.2. The van der Waals surface area contributed by atoms with Crippen molar-refractivity contribution in [1.82, 2.24) is 4.98 Å². The van der Waals surface area contributed by atoms with Crippen molar-refractivity contribution in [2.75, 3.05) is 6.61 Å². The number of aromatic nitrogens is 1. The number of pyridine rings is 1. The second-order valence-corrected chi connectivity index (χ2v) is 11.1. The van der Waals surface area contributed by atoms with Crippen molar-refractivity contribution in [2.24, 2.45) is 28.6 Å². The summed E-state index contributed by atoms with van der Waals surface area (Å²) in [7, 11) is 0. The van der Waals surface area contributed by atoms with Gasteiger partial charge in [-0.2, -0.15) is 0 Å². The maximum atomic E-state index is 13.4. The number of hydrogen-bond donors (Lipinski definition) is 2. The Morgan fingerprint density at radius 1 is 1.32 bits per heavy atom. The number of allylic oxidation sites excluding steroid dienone is 4. The summed E-state index contributed by atoms with van der Waals surface area (Å²) in [6, 6.07) is 3.65. The number of Topliss-reactive ketones (excluding diaryl/α,β-unsaturated/α-hetero) is 1. The normalized spacial score (nSPS) is 46.8. The molecular weight excluding hydrogens is 434 g/mol. The number of carbonyl (C=O) groups is 2. The van der Waals surface area contributed by atoms with Crippen molar-refractivity contribution in [3.63, 3.8) is 0 Å². The van der Waals surface area contributed by atoms with Crippen molar-refractivity contribution in [2.45, 2.75) is 63.6 Å². The largest absolute Gasteiger partial charge is 0.393 e. The van der Waals surface area contributed by atoms with Gasteiger partial charge in [0.2, 0.25) is 0 Å². The summed E-state index contributed by atoms with van der Waals surface area (Å²) < 4.78 is 12.9. The van der Waals surface area contributed by atoms with E-state index >= 15 is 0 Å². The summed E-state index contributed by atoms with van der Waals surface area (Å²) in [6.07, 6.45) is 9.37. The molecule has 1 aromatic rings. The van der Waals surface area contributed by atoms with Gasteiger partial charge in [-0.1, -0.05) is 31.6 Å². The molecule has 4 aliphatic carbocycles. The quantitative estimate of drug-likeness (QED) is 0.707. The monoisotopic (exact) mass is 465 g/mol. The SMILES string of the molecule is C[C@]12C=CC(=O)C=C1CC[C@@H]1[C@@H]2[C@@H](O)C[C@@]2(C)[C@H]1C[C@H]1OC(c3cccnc3)O[C@]12C(=O)CO. The Balaban J connectivity index is 1.41. The van der Waals surface area contributed by atoms with Gasteiger partial charge in [0.05, 0.1) is 12.2 Å². The smallest absolute Gasteiger partial charge is 0.193 e. The second-order valence-electron chi connectivity index (χ2n) is 11.1. The molecular formula is C27H31NO6. The van der Waals surface area contributed by atoms with E-state index in [9.17, 15) is 19.8 Å². The maximum Gasteiger partial charge on any atom is 0.193 e. The summed E-state index contributed by atoms with van der Waals surface area (Å²) in [5.41, 5.74) is -0.584. The fraction of sp³-hybridized carbons (Fsp3) is 0.593. The minimum Gasteiger partial charge on any atom is -0.393 e. The van der Waals surface area contributed by atoms with Crippen LogP contribution in [-0.2, 0) is 19.1 Å². The highest BCUT2D eigenvalue weighted by Crippen LogP contribution is 2.70. The molecule has 1 saturated heterocycles. The third-order valence-electron chi connectivity index (χ3n) is 9.75. The molecule has 5 aliphatic rings. The van der Waals surface area contributed by atoms with Gasteiger partial charge in [0.1, 0.15) is 6.61 Å². The van der Waals surface area contributed by atoms with Crippen LogP contribution in [0.5, 0.6) is 0 Å². The van der Waals surface area contributed by atoms with Gasteiger partial charge in [-0.15, -0.1) is 0 Å². The Labute approximate surface area is 198 Å². The second kappa shape index (κ2) is 7.40. The topological polar surface area (TPSA) is 106 Å². The zero-order valence-corrected chi connectivity index (χ0v) is 19.5. The molecule has 7 heteroatoms. The van der Waals surface area contributed by atoms with E-state index in [2.05, 4.69) is 11.9 Å². The zero-order chi connectivity index (χ0) is 23.9. The third kappa shape index (κ3) is 2.70. The van der Waals surface area contributed by atoms with E-state index in [0.717, 1.165) is 24.0 Å². The van der Waals surface area contributed by atoms with E-state index in [0.29, 0.717) is 12.8 Å². The van der Waals surface area contributed by atoms with Crippen LogP contribution in [0.3, 0.4) is 0 Å². The summed E-state index contributed by atoms with van der Waals surface area (Å²) in [6.45, 7) is 3.52. The van der Waals surface area contributed by atoms with E-state index < -0.39 is 36.1 Å². The molecule has 0 radical (unpaired) electrons. The fourth-order valence-corrected chi connectivity index (χ4v) is 8.35. The number of rotatable bonds is 3. The van der Waals surface area contributed by atoms with E-state index in [1.54, 1.807) is 30.6 Å². The molecule has 34 heavy (non-hydrogen) atoms. The lowest BCUT2D eigenvalue weighted by Crippen LogP contribution is -2.63. The maximum absolute atomic E-state index is 13.4. The Bertz CT molecular complexity index is 1100. The molecule has 1 unspecified atom stereocenters. The lowest BCUT2D eigenvalue weighted by molar-refractivity contribution is -0.201. The number of ketones is 2. The summed E-state index contributed by atoms with van der Waals surface area (Å²) in [5.74, 6) is -0.200. The Morgan fingerprint density at radius 2 is 2.15 bits per heavy atom. The molecule has 0 spiro atoms. The predicted octanol–water partition coefficient (Wildman–Crippen LogP) is 2.68. The number of fused-ring (bicyclic) bond motifs is 7. The minimum atomic E-state index is -1.33. The van der Waals surface area contributed by atoms with Gasteiger partial charge in [0.25, 0.3) is 0 Å². The number of carbonyl (C=O) groups excluding carboxylic acids is 2. The average molecular weight is 466 g/mol. The number of nitrogens with zero attached hydrogens (tertiary/aromatic N) is 1. The van der Waals surface area contributed by atoms with Crippen molar-refractivity contribution in [3.8, 4) is 0 Å². The van der Waals surface area contributed by atoms with Crippen molar-refractivity contribution >= 4 is 11.6 Å². The standard InChI is InChI=1S/C27H31NO6/c1-25-8-7-17(30)10-16(25)5-6-18-19-11-22-27(21(32)14-29,26(19,2)12-20(31)23(18)25)34-24(33-22)15-4-3-9-28-13-15/h3-4,7-10,13,18-20,22-24,29,31H,5-6,11-12,14H2,1-2H3/t18-,19-,20-,22+,23+,24?,25-,26-,27+/m0/s1. The molecule has 180 valence electrons. The van der Waals surface area contributed by atoms with E-state index in [4.69, 9.17) is 9.47 Å². The van der Waals surface area contributed by atoms with E-state index in [-0.39, 0.29) is 34.7 Å². The summed E-state index contributed by atoms with van der Waals surface area (Å²) in [5, 5.41) is 21.6. The molecule has 4 fully saturated rings. The van der Waals surface area contributed by atoms with Crippen LogP contribution < -0.4 is 0 Å². The Morgan fingerprint density at radius 3 is 2.88 bits per heavy atom. The zero-order valence-electron chi connectivity index (χ0n) is 19.5. The highest BCUT2D eigenvalue weighted by molar-refractivity contribution is 6.01. The molecule has 3 saturated carbocycles. The first-order valence-electron chi connectivity index (χ1n) is 12.2. The lowest BCUT2D eigenvalue weighted by Gasteiger charge is -2.59. The van der Waals surface area contributed by atoms with Gasteiger partial charge in [-0.05, 0) is 55.7 Å². The molecule has 2 heterocycles. The molecule has 2 N–H and O–H groups in total. The van der Waals surface area contributed by atoms with Crippen LogP contribution in [0.4, 0.5) is 0 Å². The summed E-state index contributed by atoms with van der Waals surface area (Å²) in [4.78, 5) is 29.6. The van der Waals surface area contributed by atoms with E-state index in [1.807, 2.05) is 19.1 Å². The predicted molar refractivity (Wildman–Crippen MR) is 121 cm³/mol. The summed E-state index contributed by atoms with van der Waals surface area (Å²) >= 11 is 0. The Hall–Kier alpha value is -2.19. The van der Waals surface area contributed by atoms with Crippen LogP contribution >= 0.6 is 0 Å². The van der Waals surface area contributed by atoms with E-state index in [1.165, 1.54) is 0 Å². The number of hydrogen-bond acceptors (Lipinski definition) is 7. The molecule has 9 atom stereocenters. The molecule has 7 nitrogen and oxygen atoms in total. The van der Waals surface area contributed by atoms with Gasteiger partial charge in [0, 0.05) is 34.7 Å². The van der Waals surface area contributed by atoms with Gasteiger partial charge in [0.15, 0.2) is 23.5 Å². The van der Waals surface area contributed by atoms with Crippen molar-refractivity contribution in [3.05, 3.63) is 53.9 Å².